The Labute approximate surface area is 154 Å². The molecule has 1 aliphatic heterocycles. The molecule has 1 heterocycles. The van der Waals surface area contributed by atoms with E-state index in [0.717, 1.165) is 17.7 Å². The molecule has 1 atom stereocenters. The summed E-state index contributed by atoms with van der Waals surface area (Å²) in [6.45, 7) is 0.533. The number of ether oxygens (including phenoxy) is 2. The van der Waals surface area contributed by atoms with Crippen LogP contribution in [0.25, 0.3) is 0 Å². The van der Waals surface area contributed by atoms with Crippen molar-refractivity contribution in [2.24, 2.45) is 4.99 Å². The fourth-order valence-electron chi connectivity index (χ4n) is 2.94. The van der Waals surface area contributed by atoms with Crippen LogP contribution in [0.15, 0.2) is 47.0 Å². The van der Waals surface area contributed by atoms with E-state index in [0.29, 0.717) is 35.3 Å². The molecule has 0 aromatic heterocycles. The van der Waals surface area contributed by atoms with Gasteiger partial charge in [0.1, 0.15) is 0 Å². The molecule has 0 saturated carbocycles. The fraction of sp³-hybridized carbons (Fsp3) is 0.333. The summed E-state index contributed by atoms with van der Waals surface area (Å²) in [5, 5.41) is 0.301. The minimum Gasteiger partial charge on any atom is -0.493 e. The number of hydrogen-bond acceptors (Lipinski definition) is 3. The monoisotopic (exact) mass is 382 g/mol. The van der Waals surface area contributed by atoms with Gasteiger partial charge in [-0.05, 0) is 42.4 Å². The summed E-state index contributed by atoms with van der Waals surface area (Å²) in [6.07, 6.45) is -0.105. The van der Waals surface area contributed by atoms with Crippen molar-refractivity contribution in [1.82, 2.24) is 4.90 Å². The standard InChI is InChI=1S/C18H17F3N2O2S/c1-24-15-6-3-11(9-16(15)25-2)7-8-23-14-5-4-12(18(19,20)21)10-13(14)22-17(23)26/h3-6,9-10,14H,7-8H2,1-2H3. The molecule has 4 nitrogen and oxygen atoms in total. The Bertz CT molecular complexity index is 815. The van der Waals surface area contributed by atoms with E-state index in [1.54, 1.807) is 14.2 Å². The highest BCUT2D eigenvalue weighted by molar-refractivity contribution is 7.80. The lowest BCUT2D eigenvalue weighted by Crippen LogP contribution is -2.38. The van der Waals surface area contributed by atoms with Crippen LogP contribution in [0.4, 0.5) is 13.2 Å². The number of nitrogens with zero attached hydrogens (tertiary/aromatic N) is 2. The Morgan fingerprint density at radius 1 is 1.19 bits per heavy atom. The number of methoxy groups -OCH3 is 2. The molecular weight excluding hydrogens is 365 g/mol. The molecule has 3 rings (SSSR count). The summed E-state index contributed by atoms with van der Waals surface area (Å²) in [5.74, 6) is 1.26. The number of aliphatic imine (C=N–C) groups is 1. The summed E-state index contributed by atoms with van der Waals surface area (Å²) in [7, 11) is 3.13. The highest BCUT2D eigenvalue weighted by atomic mass is 32.1. The zero-order chi connectivity index (χ0) is 18.9. The van der Waals surface area contributed by atoms with E-state index in [1.807, 2.05) is 23.1 Å². The largest absolute Gasteiger partial charge is 0.493 e. The van der Waals surface area contributed by atoms with Crippen molar-refractivity contribution in [3.63, 3.8) is 0 Å². The SMILES string of the molecule is COc1ccc(CCN2C(=S)N=C3C=C(C(F)(F)F)C=CC32)cc1OC. The first kappa shape index (κ1) is 18.4. The van der Waals surface area contributed by atoms with Crippen molar-refractivity contribution < 1.29 is 22.6 Å². The molecule has 8 heteroatoms. The third-order valence-corrected chi connectivity index (χ3v) is 4.61. The highest BCUT2D eigenvalue weighted by Gasteiger charge is 2.38. The molecule has 0 spiro atoms. The lowest BCUT2D eigenvalue weighted by atomic mass is 10.00. The second-order valence-electron chi connectivity index (χ2n) is 5.85. The van der Waals surface area contributed by atoms with E-state index in [2.05, 4.69) is 4.99 Å². The molecule has 0 saturated heterocycles. The maximum atomic E-state index is 12.9. The minimum atomic E-state index is -4.39. The number of benzene rings is 1. The molecule has 0 fully saturated rings. The lowest BCUT2D eigenvalue weighted by molar-refractivity contribution is -0.0882. The van der Waals surface area contributed by atoms with Gasteiger partial charge in [0.15, 0.2) is 16.6 Å². The first-order chi connectivity index (χ1) is 12.3. The quantitative estimate of drug-likeness (QED) is 0.727. The molecule has 26 heavy (non-hydrogen) atoms. The molecule has 2 aliphatic rings. The zero-order valence-corrected chi connectivity index (χ0v) is 15.0. The third-order valence-electron chi connectivity index (χ3n) is 4.29. The first-order valence-electron chi connectivity index (χ1n) is 7.90. The topological polar surface area (TPSA) is 34.1 Å². The van der Waals surface area contributed by atoms with Crippen LogP contribution in [0.1, 0.15) is 5.56 Å². The van der Waals surface area contributed by atoms with Gasteiger partial charge in [-0.2, -0.15) is 13.2 Å². The van der Waals surface area contributed by atoms with Crippen LogP contribution in [-0.2, 0) is 6.42 Å². The predicted molar refractivity (Wildman–Crippen MR) is 97.1 cm³/mol. The van der Waals surface area contributed by atoms with Gasteiger partial charge in [0.25, 0.3) is 0 Å². The number of alkyl halides is 3. The molecule has 0 N–H and O–H groups in total. The van der Waals surface area contributed by atoms with Crippen LogP contribution in [0.5, 0.6) is 11.5 Å². The molecule has 1 aliphatic carbocycles. The second-order valence-corrected chi connectivity index (χ2v) is 6.22. The van der Waals surface area contributed by atoms with Crippen molar-refractivity contribution in [2.45, 2.75) is 18.6 Å². The van der Waals surface area contributed by atoms with Gasteiger partial charge in [-0.1, -0.05) is 18.2 Å². The van der Waals surface area contributed by atoms with E-state index < -0.39 is 11.7 Å². The summed E-state index contributed by atoms with van der Waals surface area (Å²) < 4.78 is 49.1. The van der Waals surface area contributed by atoms with Crippen LogP contribution < -0.4 is 9.47 Å². The predicted octanol–water partition coefficient (Wildman–Crippen LogP) is 3.71. The average Bonchev–Trinajstić information content (AvgIpc) is 2.93. The van der Waals surface area contributed by atoms with Crippen molar-refractivity contribution >= 4 is 23.0 Å². The highest BCUT2D eigenvalue weighted by Crippen LogP contribution is 2.32. The normalized spacial score (nSPS) is 19.2. The van der Waals surface area contributed by atoms with E-state index in [1.165, 1.54) is 6.08 Å². The number of hydrogen-bond donors (Lipinski definition) is 0. The van der Waals surface area contributed by atoms with Gasteiger partial charge in [0, 0.05) is 6.54 Å². The van der Waals surface area contributed by atoms with Crippen LogP contribution >= 0.6 is 12.2 Å². The van der Waals surface area contributed by atoms with Crippen LogP contribution in [-0.4, -0.2) is 48.7 Å². The van der Waals surface area contributed by atoms with Gasteiger partial charge < -0.3 is 14.4 Å². The second kappa shape index (κ2) is 7.11. The van der Waals surface area contributed by atoms with Gasteiger partial charge >= 0.3 is 6.18 Å². The average molecular weight is 382 g/mol. The molecule has 0 radical (unpaired) electrons. The lowest BCUT2D eigenvalue weighted by Gasteiger charge is -2.26. The summed E-state index contributed by atoms with van der Waals surface area (Å²) in [6, 6.07) is 5.25. The van der Waals surface area contributed by atoms with Gasteiger partial charge in [0.05, 0.1) is 31.5 Å². The van der Waals surface area contributed by atoms with Gasteiger partial charge in [-0.15, -0.1) is 0 Å². The molecule has 0 bridgehead atoms. The summed E-state index contributed by atoms with van der Waals surface area (Å²) >= 11 is 5.24. The van der Waals surface area contributed by atoms with Crippen molar-refractivity contribution in [3.05, 3.63) is 47.6 Å². The Kier molecular flexibility index (Phi) is 5.04. The number of fused-ring (bicyclic) bond motifs is 1. The molecule has 0 amide bonds. The maximum Gasteiger partial charge on any atom is 0.416 e. The number of allylic oxidation sites excluding steroid dienone is 2. The van der Waals surface area contributed by atoms with Crippen LogP contribution in [0, 0.1) is 0 Å². The van der Waals surface area contributed by atoms with Gasteiger partial charge in [0.2, 0.25) is 0 Å². The third kappa shape index (κ3) is 3.60. The fourth-order valence-corrected chi connectivity index (χ4v) is 3.25. The smallest absolute Gasteiger partial charge is 0.416 e. The van der Waals surface area contributed by atoms with Crippen LogP contribution in [0.2, 0.25) is 0 Å². The van der Waals surface area contributed by atoms with E-state index in [-0.39, 0.29) is 6.04 Å². The zero-order valence-electron chi connectivity index (χ0n) is 14.2. The van der Waals surface area contributed by atoms with E-state index >= 15 is 0 Å². The Hall–Kier alpha value is -2.35. The van der Waals surface area contributed by atoms with Gasteiger partial charge in [-0.25, -0.2) is 4.99 Å². The Morgan fingerprint density at radius 2 is 1.92 bits per heavy atom. The van der Waals surface area contributed by atoms with E-state index in [9.17, 15) is 13.2 Å². The van der Waals surface area contributed by atoms with Crippen LogP contribution in [0.3, 0.4) is 0 Å². The summed E-state index contributed by atoms with van der Waals surface area (Å²) in [4.78, 5) is 5.95. The Morgan fingerprint density at radius 3 is 2.58 bits per heavy atom. The number of halogens is 3. The van der Waals surface area contributed by atoms with E-state index in [4.69, 9.17) is 21.7 Å². The molecular formula is C18H17F3N2O2S. The van der Waals surface area contributed by atoms with Crippen molar-refractivity contribution in [3.8, 4) is 11.5 Å². The molecule has 1 aromatic carbocycles. The number of rotatable bonds is 5. The van der Waals surface area contributed by atoms with Gasteiger partial charge in [-0.3, -0.25) is 0 Å². The van der Waals surface area contributed by atoms with Crippen molar-refractivity contribution in [1.29, 1.82) is 0 Å². The van der Waals surface area contributed by atoms with Crippen molar-refractivity contribution in [2.75, 3.05) is 20.8 Å². The summed E-state index contributed by atoms with van der Waals surface area (Å²) in [5.41, 5.74) is 0.624. The number of thiocarbonyl (C=S) groups is 1. The first-order valence-corrected chi connectivity index (χ1v) is 8.31. The minimum absolute atomic E-state index is 0.301. The molecule has 1 unspecified atom stereocenters. The Balaban J connectivity index is 1.71. The maximum absolute atomic E-state index is 12.9. The molecule has 1 aromatic rings. The molecule has 138 valence electrons.